The van der Waals surface area contributed by atoms with Gasteiger partial charge in [-0.25, -0.2) is 9.59 Å². The molecule has 5 aromatic carbocycles. The minimum Gasteiger partial charge on any atom is -0.494 e. The third-order valence-electron chi connectivity index (χ3n) is 10.5. The zero-order chi connectivity index (χ0) is 42.4. The van der Waals surface area contributed by atoms with Crippen molar-refractivity contribution in [1.29, 1.82) is 0 Å². The average Bonchev–Trinajstić information content (AvgIpc) is 3.28. The normalized spacial score (nSPS) is 12.3. The molecule has 0 aliphatic carbocycles. The van der Waals surface area contributed by atoms with Crippen LogP contribution in [0.1, 0.15) is 124 Å². The Hall–Kier alpha value is -6.02. The van der Waals surface area contributed by atoms with Crippen molar-refractivity contribution >= 4 is 35.7 Å². The zero-order valence-corrected chi connectivity index (χ0v) is 35.7. The lowest BCUT2D eigenvalue weighted by Crippen LogP contribution is -2.10. The van der Waals surface area contributed by atoms with E-state index < -0.39 is 11.9 Å². The quantitative estimate of drug-likeness (QED) is 0.0267. The monoisotopic (exact) mass is 808 g/mol. The Kier molecular flexibility index (Phi) is 18.6. The highest BCUT2D eigenvalue weighted by molar-refractivity contribution is 5.93. The Labute approximate surface area is 356 Å². The van der Waals surface area contributed by atoms with E-state index in [-0.39, 0.29) is 11.5 Å². The summed E-state index contributed by atoms with van der Waals surface area (Å²) in [5.74, 6) is 2.72. The first-order valence-electron chi connectivity index (χ1n) is 21.6. The van der Waals surface area contributed by atoms with Gasteiger partial charge in [0.25, 0.3) is 0 Å². The molecule has 0 fully saturated rings. The lowest BCUT2D eigenvalue weighted by molar-refractivity contribution is 0.0732. The second-order valence-electron chi connectivity index (χ2n) is 15.4. The number of carbonyl (C=O) groups excluding carboxylic acids is 2. The summed E-state index contributed by atoms with van der Waals surface area (Å²) < 4.78 is 23.0. The summed E-state index contributed by atoms with van der Waals surface area (Å²) in [7, 11) is 0. The first-order chi connectivity index (χ1) is 29.3. The maximum atomic E-state index is 12.9. The lowest BCUT2D eigenvalue weighted by Gasteiger charge is -2.09. The molecule has 0 N–H and O–H groups in total. The minimum absolute atomic E-state index is 0.253. The lowest BCUT2D eigenvalue weighted by atomic mass is 10.0. The number of benzene rings is 5. The Balaban J connectivity index is 1.02. The SMILES string of the molecule is CCC(C)CCCCCOc1ccc(N=Cc2ccc(C(=O)Oc3cccc(OC(=O)c4ccc(C=Nc5ccc(OCCCCCC(C)CC)cc5)cc4)c3)cc2)cc1. The predicted molar refractivity (Wildman–Crippen MR) is 243 cm³/mol. The van der Waals surface area contributed by atoms with E-state index >= 15 is 0 Å². The van der Waals surface area contributed by atoms with Crippen LogP contribution in [-0.2, 0) is 0 Å². The van der Waals surface area contributed by atoms with Gasteiger partial charge in [0.15, 0.2) is 0 Å². The van der Waals surface area contributed by atoms with Crippen LogP contribution in [0.25, 0.3) is 0 Å². The molecule has 0 spiro atoms. The summed E-state index contributed by atoms with van der Waals surface area (Å²) in [6.07, 6.45) is 15.5. The molecule has 0 bridgehead atoms. The highest BCUT2D eigenvalue weighted by Crippen LogP contribution is 2.24. The molecule has 0 radical (unpaired) electrons. The van der Waals surface area contributed by atoms with Crippen LogP contribution in [-0.4, -0.2) is 37.6 Å². The van der Waals surface area contributed by atoms with Crippen molar-refractivity contribution in [2.24, 2.45) is 21.8 Å². The molecule has 0 aliphatic heterocycles. The number of unbranched alkanes of at least 4 members (excludes halogenated alkanes) is 4. The molecule has 60 heavy (non-hydrogen) atoms. The van der Waals surface area contributed by atoms with Gasteiger partial charge in [0, 0.05) is 18.5 Å². The fourth-order valence-corrected chi connectivity index (χ4v) is 6.23. The standard InChI is InChI=1S/C52H60N2O6/c1-5-39(3)14-9-7-11-34-57-47-30-26-45(27-31-47)53-37-41-18-22-43(23-19-41)51(55)59-49-16-13-17-50(36-49)60-52(56)44-24-20-42(21-25-44)38-54-46-28-32-48(33-29-46)58-35-12-8-10-15-40(4)6-2/h13,16-33,36-40H,5-12,14-15,34-35H2,1-4H3. The first-order valence-corrected chi connectivity index (χ1v) is 21.6. The molecule has 0 amide bonds. The van der Waals surface area contributed by atoms with Crippen LogP contribution in [0.15, 0.2) is 131 Å². The molecule has 8 heteroatoms. The van der Waals surface area contributed by atoms with Crippen LogP contribution < -0.4 is 18.9 Å². The maximum absolute atomic E-state index is 12.9. The van der Waals surface area contributed by atoms with E-state index in [0.717, 1.165) is 71.9 Å². The third-order valence-corrected chi connectivity index (χ3v) is 10.5. The van der Waals surface area contributed by atoms with E-state index in [1.165, 1.54) is 57.4 Å². The van der Waals surface area contributed by atoms with Gasteiger partial charge >= 0.3 is 11.9 Å². The van der Waals surface area contributed by atoms with Crippen LogP contribution in [0.2, 0.25) is 0 Å². The molecule has 5 rings (SSSR count). The largest absolute Gasteiger partial charge is 0.494 e. The number of aliphatic imine (C=N–C) groups is 2. The number of hydrogen-bond donors (Lipinski definition) is 0. The Morgan fingerprint density at radius 2 is 0.900 bits per heavy atom. The molecule has 5 aromatic rings. The van der Waals surface area contributed by atoms with Crippen molar-refractivity contribution in [1.82, 2.24) is 0 Å². The van der Waals surface area contributed by atoms with Crippen molar-refractivity contribution < 1.29 is 28.5 Å². The van der Waals surface area contributed by atoms with Gasteiger partial charge in [-0.1, -0.05) is 109 Å². The topological polar surface area (TPSA) is 95.8 Å². The van der Waals surface area contributed by atoms with Gasteiger partial charge in [-0.2, -0.15) is 0 Å². The molecule has 2 unspecified atom stereocenters. The maximum Gasteiger partial charge on any atom is 0.343 e. The van der Waals surface area contributed by atoms with Crippen LogP contribution >= 0.6 is 0 Å². The van der Waals surface area contributed by atoms with Gasteiger partial charge in [0.1, 0.15) is 23.0 Å². The van der Waals surface area contributed by atoms with Gasteiger partial charge in [-0.05, 0) is 121 Å². The van der Waals surface area contributed by atoms with Crippen molar-refractivity contribution in [3.05, 3.63) is 144 Å². The van der Waals surface area contributed by atoms with Crippen LogP contribution in [0, 0.1) is 11.8 Å². The number of nitrogens with zero attached hydrogens (tertiary/aromatic N) is 2. The smallest absolute Gasteiger partial charge is 0.343 e. The minimum atomic E-state index is -0.534. The summed E-state index contributed by atoms with van der Waals surface area (Å²) >= 11 is 0. The zero-order valence-electron chi connectivity index (χ0n) is 35.7. The van der Waals surface area contributed by atoms with Gasteiger partial charge in [-0.15, -0.1) is 0 Å². The molecular weight excluding hydrogens is 749 g/mol. The first kappa shape index (κ1) is 45.1. The number of esters is 2. The molecule has 8 nitrogen and oxygen atoms in total. The predicted octanol–water partition coefficient (Wildman–Crippen LogP) is 13.6. The molecule has 0 aliphatic rings. The number of carbonyl (C=O) groups is 2. The number of rotatable bonds is 24. The second-order valence-corrected chi connectivity index (χ2v) is 15.4. The van der Waals surface area contributed by atoms with Gasteiger partial charge in [0.05, 0.1) is 35.7 Å². The molecule has 314 valence electrons. The van der Waals surface area contributed by atoms with Gasteiger partial charge < -0.3 is 18.9 Å². The van der Waals surface area contributed by atoms with Crippen molar-refractivity contribution in [3.8, 4) is 23.0 Å². The molecule has 2 atom stereocenters. The van der Waals surface area contributed by atoms with Crippen LogP contribution in [0.3, 0.4) is 0 Å². The molecule has 0 aromatic heterocycles. The molecular formula is C52H60N2O6. The highest BCUT2D eigenvalue weighted by atomic mass is 16.5. The Morgan fingerprint density at radius 1 is 0.500 bits per heavy atom. The molecule has 0 saturated carbocycles. The van der Waals surface area contributed by atoms with E-state index in [2.05, 4.69) is 37.7 Å². The molecule has 0 saturated heterocycles. The average molecular weight is 809 g/mol. The van der Waals surface area contributed by atoms with Crippen LogP contribution in [0.4, 0.5) is 11.4 Å². The summed E-state index contributed by atoms with van der Waals surface area (Å²) in [5, 5.41) is 0. The van der Waals surface area contributed by atoms with E-state index in [9.17, 15) is 9.59 Å². The highest BCUT2D eigenvalue weighted by Gasteiger charge is 2.12. The third kappa shape index (κ3) is 16.0. The summed E-state index contributed by atoms with van der Waals surface area (Å²) in [5.41, 5.74) is 4.03. The fraction of sp³-hybridized carbons (Fsp3) is 0.346. The van der Waals surface area contributed by atoms with E-state index in [0.29, 0.717) is 11.1 Å². The van der Waals surface area contributed by atoms with E-state index in [1.54, 1.807) is 79.2 Å². The van der Waals surface area contributed by atoms with Gasteiger partial charge in [-0.3, -0.25) is 9.98 Å². The number of ether oxygens (including phenoxy) is 4. The van der Waals surface area contributed by atoms with Crippen molar-refractivity contribution in [3.63, 3.8) is 0 Å². The Morgan fingerprint density at radius 3 is 1.28 bits per heavy atom. The summed E-state index contributed by atoms with van der Waals surface area (Å²) in [4.78, 5) is 35.0. The van der Waals surface area contributed by atoms with Crippen molar-refractivity contribution in [2.45, 2.75) is 91.9 Å². The van der Waals surface area contributed by atoms with E-state index in [4.69, 9.17) is 18.9 Å². The van der Waals surface area contributed by atoms with Crippen LogP contribution in [0.5, 0.6) is 23.0 Å². The fourth-order valence-electron chi connectivity index (χ4n) is 6.23. The number of hydrogen-bond acceptors (Lipinski definition) is 8. The molecule has 0 heterocycles. The summed E-state index contributed by atoms with van der Waals surface area (Å²) in [6.45, 7) is 10.6. The van der Waals surface area contributed by atoms with E-state index in [1.807, 2.05) is 48.5 Å². The van der Waals surface area contributed by atoms with Crippen molar-refractivity contribution in [2.75, 3.05) is 13.2 Å². The summed E-state index contributed by atoms with van der Waals surface area (Å²) in [6, 6.07) is 35.8. The Bertz CT molecular complexity index is 1940. The second kappa shape index (κ2) is 24.8. The van der Waals surface area contributed by atoms with Gasteiger partial charge in [0.2, 0.25) is 0 Å².